The molecule has 37 heavy (non-hydrogen) atoms. The van der Waals surface area contributed by atoms with Crippen LogP contribution in [0.1, 0.15) is 43.0 Å². The molecule has 9 nitrogen and oxygen atoms in total. The standard InChI is InChI=1S/C28H31N5O4/c1-19-15-23(9-12-31-18-21(11-14-34)29-30-31)37-28(19)24-7-2-3-8-25(24)33(27(28)36)17-20-5-4-6-22(16-20)32-13-10-26(32)35/h2-8,16,18-19,23,34H,9-15,17H2,1H3/t19-,23+,28+/m0/s1. The van der Waals surface area contributed by atoms with Crippen LogP contribution in [-0.2, 0) is 39.4 Å². The zero-order chi connectivity index (χ0) is 25.6. The number of carbonyl (C=O) groups is 2. The van der Waals surface area contributed by atoms with E-state index in [9.17, 15) is 9.59 Å². The molecule has 3 aliphatic heterocycles. The molecule has 9 heteroatoms. The largest absolute Gasteiger partial charge is 0.396 e. The summed E-state index contributed by atoms with van der Waals surface area (Å²) in [6.45, 7) is 3.93. The highest BCUT2D eigenvalue weighted by Crippen LogP contribution is 2.53. The summed E-state index contributed by atoms with van der Waals surface area (Å²) in [4.78, 5) is 29.7. The molecule has 3 aromatic rings. The highest BCUT2D eigenvalue weighted by Gasteiger charge is 2.59. The third-order valence-corrected chi connectivity index (χ3v) is 7.87. The molecule has 0 radical (unpaired) electrons. The number of aliphatic hydroxyl groups excluding tert-OH is 1. The van der Waals surface area contributed by atoms with E-state index in [4.69, 9.17) is 9.84 Å². The average molecular weight is 502 g/mol. The van der Waals surface area contributed by atoms with Gasteiger partial charge in [-0.1, -0.05) is 42.5 Å². The van der Waals surface area contributed by atoms with Gasteiger partial charge < -0.3 is 19.6 Å². The number of anilines is 2. The van der Waals surface area contributed by atoms with E-state index >= 15 is 0 Å². The smallest absolute Gasteiger partial charge is 0.264 e. The number of hydrogen-bond donors (Lipinski definition) is 1. The summed E-state index contributed by atoms with van der Waals surface area (Å²) >= 11 is 0. The molecular formula is C28H31N5O4. The van der Waals surface area contributed by atoms with Crippen molar-refractivity contribution in [3.05, 3.63) is 71.5 Å². The summed E-state index contributed by atoms with van der Waals surface area (Å²) in [5.74, 6) is 0.121. The number of aromatic nitrogens is 3. The second-order valence-electron chi connectivity index (χ2n) is 10.2. The molecule has 192 valence electrons. The minimum Gasteiger partial charge on any atom is -0.396 e. The van der Waals surface area contributed by atoms with Crippen LogP contribution in [0, 0.1) is 5.92 Å². The van der Waals surface area contributed by atoms with Crippen LogP contribution >= 0.6 is 0 Å². The maximum atomic E-state index is 14.1. The molecule has 1 aromatic heterocycles. The molecule has 0 bridgehead atoms. The molecule has 2 saturated heterocycles. The van der Waals surface area contributed by atoms with Gasteiger partial charge in [0.05, 0.1) is 24.0 Å². The Hall–Kier alpha value is -3.56. The van der Waals surface area contributed by atoms with E-state index in [1.54, 1.807) is 9.58 Å². The molecule has 2 fully saturated rings. The van der Waals surface area contributed by atoms with Gasteiger partial charge in [0, 0.05) is 55.9 Å². The highest BCUT2D eigenvalue weighted by molar-refractivity contribution is 6.07. The van der Waals surface area contributed by atoms with Gasteiger partial charge in [0.25, 0.3) is 5.91 Å². The normalized spacial score (nSPS) is 24.7. The molecule has 1 spiro atoms. The number of carbonyl (C=O) groups excluding carboxylic acids is 2. The van der Waals surface area contributed by atoms with Crippen molar-refractivity contribution < 1.29 is 19.4 Å². The zero-order valence-corrected chi connectivity index (χ0v) is 20.9. The number of hydrogen-bond acceptors (Lipinski definition) is 6. The summed E-state index contributed by atoms with van der Waals surface area (Å²) in [7, 11) is 0. The molecule has 1 N–H and O–H groups in total. The fourth-order valence-corrected chi connectivity index (χ4v) is 5.91. The van der Waals surface area contributed by atoms with Crippen LogP contribution in [0.5, 0.6) is 0 Å². The fraction of sp³-hybridized carbons (Fsp3) is 0.429. The first-order chi connectivity index (χ1) is 18.0. The summed E-state index contributed by atoms with van der Waals surface area (Å²) < 4.78 is 8.44. The predicted molar refractivity (Wildman–Crippen MR) is 137 cm³/mol. The lowest BCUT2D eigenvalue weighted by atomic mass is 9.83. The van der Waals surface area contributed by atoms with Gasteiger partial charge in [-0.05, 0) is 36.6 Å². The molecule has 0 unspecified atom stereocenters. The van der Waals surface area contributed by atoms with Gasteiger partial charge in [0.1, 0.15) is 0 Å². The van der Waals surface area contributed by atoms with Crippen molar-refractivity contribution in [1.29, 1.82) is 0 Å². The quantitative estimate of drug-likeness (QED) is 0.477. The van der Waals surface area contributed by atoms with E-state index < -0.39 is 5.60 Å². The van der Waals surface area contributed by atoms with E-state index in [1.165, 1.54) is 0 Å². The van der Waals surface area contributed by atoms with E-state index in [0.29, 0.717) is 25.9 Å². The Bertz CT molecular complexity index is 1340. The van der Waals surface area contributed by atoms with Crippen LogP contribution < -0.4 is 9.80 Å². The van der Waals surface area contributed by atoms with Crippen LogP contribution in [0.25, 0.3) is 0 Å². The van der Waals surface area contributed by atoms with Gasteiger partial charge in [0.2, 0.25) is 5.91 Å². The third kappa shape index (κ3) is 4.02. The number of ether oxygens (including phenoxy) is 1. The Morgan fingerprint density at radius 3 is 2.81 bits per heavy atom. The maximum Gasteiger partial charge on any atom is 0.264 e. The molecule has 0 saturated carbocycles. The second-order valence-corrected chi connectivity index (χ2v) is 10.2. The van der Waals surface area contributed by atoms with Gasteiger partial charge in [-0.25, -0.2) is 0 Å². The van der Waals surface area contributed by atoms with Crippen LogP contribution in [0.2, 0.25) is 0 Å². The second kappa shape index (κ2) is 9.39. The Morgan fingerprint density at radius 1 is 1.16 bits per heavy atom. The first-order valence-corrected chi connectivity index (χ1v) is 13.0. The average Bonchev–Trinajstić information content (AvgIpc) is 3.55. The molecule has 2 amide bonds. The van der Waals surface area contributed by atoms with Gasteiger partial charge in [-0.2, -0.15) is 0 Å². The van der Waals surface area contributed by atoms with E-state index in [-0.39, 0.29) is 30.4 Å². The van der Waals surface area contributed by atoms with Crippen molar-refractivity contribution >= 4 is 23.2 Å². The lowest BCUT2D eigenvalue weighted by molar-refractivity contribution is -0.146. The topological polar surface area (TPSA) is 101 Å². The predicted octanol–water partition coefficient (Wildman–Crippen LogP) is 2.81. The molecule has 6 rings (SSSR count). The highest BCUT2D eigenvalue weighted by atomic mass is 16.5. The number of aliphatic hydroxyl groups is 1. The molecule has 4 heterocycles. The molecular weight excluding hydrogens is 470 g/mol. The number of nitrogens with zero attached hydrogens (tertiary/aromatic N) is 5. The van der Waals surface area contributed by atoms with E-state index in [0.717, 1.165) is 47.6 Å². The number of β-lactam (4-membered cyclic amide) rings is 1. The van der Waals surface area contributed by atoms with Crippen molar-refractivity contribution in [3.8, 4) is 0 Å². The van der Waals surface area contributed by atoms with Crippen LogP contribution in [0.3, 0.4) is 0 Å². The molecule has 3 aliphatic rings. The van der Waals surface area contributed by atoms with Crippen molar-refractivity contribution in [2.24, 2.45) is 5.92 Å². The van der Waals surface area contributed by atoms with Gasteiger partial charge in [-0.15, -0.1) is 5.10 Å². The minimum absolute atomic E-state index is 0.0156. The number of fused-ring (bicyclic) bond motifs is 2. The summed E-state index contributed by atoms with van der Waals surface area (Å²) in [6, 6.07) is 15.8. The van der Waals surface area contributed by atoms with Crippen LogP contribution in [-0.4, -0.2) is 51.2 Å². The lowest BCUT2D eigenvalue weighted by Crippen LogP contribution is -2.44. The van der Waals surface area contributed by atoms with E-state index in [1.807, 2.05) is 59.6 Å². The third-order valence-electron chi connectivity index (χ3n) is 7.87. The number of para-hydroxylation sites is 1. The minimum atomic E-state index is -1.00. The Morgan fingerprint density at radius 2 is 2.03 bits per heavy atom. The van der Waals surface area contributed by atoms with Crippen molar-refractivity contribution in [1.82, 2.24) is 15.0 Å². The van der Waals surface area contributed by atoms with Crippen LogP contribution in [0.15, 0.2) is 54.7 Å². The monoisotopic (exact) mass is 501 g/mol. The SMILES string of the molecule is C[C@H]1C[C@@H](CCn2cc(CCO)nn2)O[C@]12C(=O)N(Cc1cccc(N3CCC3=O)c1)c1ccccc12. The fourth-order valence-electron chi connectivity index (χ4n) is 5.91. The van der Waals surface area contributed by atoms with Crippen molar-refractivity contribution in [2.45, 2.75) is 57.4 Å². The first kappa shape index (κ1) is 23.8. The van der Waals surface area contributed by atoms with Gasteiger partial charge >= 0.3 is 0 Å². The molecule has 0 aliphatic carbocycles. The first-order valence-electron chi connectivity index (χ1n) is 13.0. The lowest BCUT2D eigenvalue weighted by Gasteiger charge is -2.31. The number of benzene rings is 2. The maximum absolute atomic E-state index is 14.1. The number of rotatable bonds is 8. The van der Waals surface area contributed by atoms with Crippen molar-refractivity contribution in [3.63, 3.8) is 0 Å². The molecule has 2 aromatic carbocycles. The summed E-state index contributed by atoms with van der Waals surface area (Å²) in [6.07, 6.45) is 4.33. The van der Waals surface area contributed by atoms with Crippen molar-refractivity contribution in [2.75, 3.05) is 23.0 Å². The van der Waals surface area contributed by atoms with Gasteiger partial charge in [0.15, 0.2) is 5.60 Å². The van der Waals surface area contributed by atoms with Crippen LogP contribution in [0.4, 0.5) is 11.4 Å². The van der Waals surface area contributed by atoms with E-state index in [2.05, 4.69) is 17.2 Å². The Labute approximate surface area is 215 Å². The molecule has 3 atom stereocenters. The summed E-state index contributed by atoms with van der Waals surface area (Å²) in [5.41, 5.74) is 3.42. The number of aryl methyl sites for hydroxylation is 1. The number of amides is 2. The van der Waals surface area contributed by atoms with Gasteiger partial charge in [-0.3, -0.25) is 14.3 Å². The Kier molecular flexibility index (Phi) is 6.04. The zero-order valence-electron chi connectivity index (χ0n) is 20.9. The Balaban J connectivity index is 1.22. The summed E-state index contributed by atoms with van der Waals surface area (Å²) in [5, 5.41) is 17.3.